The minimum atomic E-state index is -0.155. The van der Waals surface area contributed by atoms with Gasteiger partial charge in [-0.1, -0.05) is 12.1 Å². The molecular weight excluding hydrogens is 306 g/mol. The van der Waals surface area contributed by atoms with Gasteiger partial charge in [0.25, 0.3) is 0 Å². The van der Waals surface area contributed by atoms with Crippen LogP contribution >= 0.6 is 0 Å². The van der Waals surface area contributed by atoms with Crippen LogP contribution in [-0.4, -0.2) is 60.2 Å². The summed E-state index contributed by atoms with van der Waals surface area (Å²) in [5.41, 5.74) is 2.42. The van der Waals surface area contributed by atoms with E-state index in [2.05, 4.69) is 30.0 Å². The number of benzene rings is 1. The third-order valence-corrected chi connectivity index (χ3v) is 4.70. The molecule has 2 heterocycles. The lowest BCUT2D eigenvalue weighted by Gasteiger charge is -2.36. The fourth-order valence-electron chi connectivity index (χ4n) is 3.28. The fourth-order valence-corrected chi connectivity index (χ4v) is 3.28. The number of nitrogens with zero attached hydrogens (tertiary/aromatic N) is 3. The molecule has 1 aromatic carbocycles. The molecule has 0 aromatic heterocycles. The number of rotatable bonds is 4. The summed E-state index contributed by atoms with van der Waals surface area (Å²) >= 11 is 0. The van der Waals surface area contributed by atoms with Gasteiger partial charge in [-0.25, -0.2) is 0 Å². The predicted molar refractivity (Wildman–Crippen MR) is 90.5 cm³/mol. The summed E-state index contributed by atoms with van der Waals surface area (Å²) < 4.78 is 0. The van der Waals surface area contributed by atoms with Gasteiger partial charge in [-0.05, 0) is 24.6 Å². The van der Waals surface area contributed by atoms with Crippen molar-refractivity contribution in [1.29, 1.82) is 0 Å². The Kier molecular flexibility index (Phi) is 4.83. The normalized spacial score (nSPS) is 18.5. The number of anilines is 1. The van der Waals surface area contributed by atoms with E-state index in [9.17, 15) is 14.4 Å². The van der Waals surface area contributed by atoms with Crippen molar-refractivity contribution in [2.45, 2.75) is 26.2 Å². The van der Waals surface area contributed by atoms with Gasteiger partial charge in [-0.15, -0.1) is 0 Å². The summed E-state index contributed by atoms with van der Waals surface area (Å²) in [6, 6.07) is 8.37. The van der Waals surface area contributed by atoms with Gasteiger partial charge in [0.1, 0.15) is 0 Å². The molecule has 0 bridgehead atoms. The number of hydrogen-bond acceptors (Lipinski definition) is 4. The molecule has 3 rings (SSSR count). The minimum Gasteiger partial charge on any atom is -0.368 e. The van der Waals surface area contributed by atoms with Gasteiger partial charge in [-0.2, -0.15) is 0 Å². The van der Waals surface area contributed by atoms with E-state index >= 15 is 0 Å². The van der Waals surface area contributed by atoms with E-state index in [0.29, 0.717) is 13.1 Å². The minimum absolute atomic E-state index is 0.0198. The zero-order valence-electron chi connectivity index (χ0n) is 14.0. The summed E-state index contributed by atoms with van der Waals surface area (Å²) in [6.45, 7) is 5.25. The Hall–Kier alpha value is -2.37. The average molecular weight is 329 g/mol. The second-order valence-electron chi connectivity index (χ2n) is 6.40. The molecule has 0 radical (unpaired) electrons. The Morgan fingerprint density at radius 3 is 2.33 bits per heavy atom. The van der Waals surface area contributed by atoms with Crippen molar-refractivity contribution in [1.82, 2.24) is 9.80 Å². The number of likely N-dealkylation sites (tertiary alicyclic amines) is 1. The first-order valence-electron chi connectivity index (χ1n) is 8.47. The molecule has 6 heteroatoms. The van der Waals surface area contributed by atoms with Gasteiger partial charge in [0.15, 0.2) is 0 Å². The topological polar surface area (TPSA) is 60.9 Å². The maximum Gasteiger partial charge on any atom is 0.229 e. The van der Waals surface area contributed by atoms with Gasteiger partial charge in [-0.3, -0.25) is 19.3 Å². The fraction of sp³-hybridized carbons (Fsp3) is 0.500. The smallest absolute Gasteiger partial charge is 0.229 e. The van der Waals surface area contributed by atoms with E-state index in [0.717, 1.165) is 13.1 Å². The van der Waals surface area contributed by atoms with Gasteiger partial charge in [0.2, 0.25) is 17.7 Å². The van der Waals surface area contributed by atoms with E-state index in [1.807, 2.05) is 11.0 Å². The number of carbonyl (C=O) groups is 3. The van der Waals surface area contributed by atoms with Crippen molar-refractivity contribution in [2.75, 3.05) is 37.6 Å². The zero-order chi connectivity index (χ0) is 17.1. The van der Waals surface area contributed by atoms with E-state index in [1.54, 1.807) is 0 Å². The monoisotopic (exact) mass is 329 g/mol. The maximum absolute atomic E-state index is 12.3. The lowest BCUT2D eigenvalue weighted by Crippen LogP contribution is -2.49. The molecule has 6 nitrogen and oxygen atoms in total. The van der Waals surface area contributed by atoms with E-state index in [-0.39, 0.29) is 43.5 Å². The molecule has 3 amide bonds. The second-order valence-corrected chi connectivity index (χ2v) is 6.40. The number of carbonyl (C=O) groups excluding carboxylic acids is 3. The standard InChI is InChI=1S/C18H23N3O3/c1-14-3-2-4-15(13-14)19-9-11-20(12-10-19)16(22)7-8-21-17(23)5-6-18(21)24/h2-4,13H,5-12H2,1H3. The molecule has 0 saturated carbocycles. The van der Waals surface area contributed by atoms with Crippen LogP contribution in [0.5, 0.6) is 0 Å². The lowest BCUT2D eigenvalue weighted by molar-refractivity contribution is -0.139. The van der Waals surface area contributed by atoms with Crippen molar-refractivity contribution < 1.29 is 14.4 Å². The first-order valence-corrected chi connectivity index (χ1v) is 8.47. The predicted octanol–water partition coefficient (Wildman–Crippen LogP) is 1.18. The SMILES string of the molecule is Cc1cccc(N2CCN(C(=O)CCN3C(=O)CCC3=O)CC2)c1. The molecule has 0 unspecified atom stereocenters. The highest BCUT2D eigenvalue weighted by Crippen LogP contribution is 2.18. The van der Waals surface area contributed by atoms with E-state index in [1.165, 1.54) is 16.2 Å². The Morgan fingerprint density at radius 1 is 1.04 bits per heavy atom. The van der Waals surface area contributed by atoms with Crippen molar-refractivity contribution in [3.63, 3.8) is 0 Å². The van der Waals surface area contributed by atoms with Crippen LogP contribution < -0.4 is 4.90 Å². The van der Waals surface area contributed by atoms with Crippen LogP contribution in [0, 0.1) is 6.92 Å². The van der Waals surface area contributed by atoms with Crippen molar-refractivity contribution >= 4 is 23.4 Å². The highest BCUT2D eigenvalue weighted by Gasteiger charge is 2.30. The number of imide groups is 1. The molecule has 0 spiro atoms. The Balaban J connectivity index is 1.48. The average Bonchev–Trinajstić information content (AvgIpc) is 2.91. The molecule has 2 aliphatic rings. The number of aryl methyl sites for hydroxylation is 1. The second kappa shape index (κ2) is 7.03. The summed E-state index contributed by atoms with van der Waals surface area (Å²) in [7, 11) is 0. The molecule has 2 saturated heterocycles. The van der Waals surface area contributed by atoms with Crippen LogP contribution in [0.3, 0.4) is 0 Å². The van der Waals surface area contributed by atoms with Crippen LogP contribution in [-0.2, 0) is 14.4 Å². The highest BCUT2D eigenvalue weighted by molar-refractivity contribution is 6.02. The van der Waals surface area contributed by atoms with Crippen molar-refractivity contribution in [3.8, 4) is 0 Å². The molecule has 2 aliphatic heterocycles. The van der Waals surface area contributed by atoms with E-state index in [4.69, 9.17) is 0 Å². The zero-order valence-corrected chi connectivity index (χ0v) is 14.0. The van der Waals surface area contributed by atoms with Crippen molar-refractivity contribution in [3.05, 3.63) is 29.8 Å². The summed E-state index contributed by atoms with van der Waals surface area (Å²) in [5, 5.41) is 0. The molecule has 1 aromatic rings. The van der Waals surface area contributed by atoms with Crippen molar-refractivity contribution in [2.24, 2.45) is 0 Å². The van der Waals surface area contributed by atoms with Crippen LogP contribution in [0.15, 0.2) is 24.3 Å². The van der Waals surface area contributed by atoms with Crippen LogP contribution in [0.4, 0.5) is 5.69 Å². The third kappa shape index (κ3) is 3.58. The largest absolute Gasteiger partial charge is 0.368 e. The molecule has 0 aliphatic carbocycles. The lowest BCUT2D eigenvalue weighted by atomic mass is 10.2. The molecule has 0 N–H and O–H groups in total. The molecule has 24 heavy (non-hydrogen) atoms. The number of piperazine rings is 1. The quantitative estimate of drug-likeness (QED) is 0.779. The number of hydrogen-bond donors (Lipinski definition) is 0. The van der Waals surface area contributed by atoms with Gasteiger partial charge in [0, 0.05) is 57.7 Å². The first kappa shape index (κ1) is 16.5. The molecular formula is C18H23N3O3. The van der Waals surface area contributed by atoms with Gasteiger partial charge in [0.05, 0.1) is 0 Å². The maximum atomic E-state index is 12.3. The van der Waals surface area contributed by atoms with Crippen LogP contribution in [0.2, 0.25) is 0 Å². The highest BCUT2D eigenvalue weighted by atomic mass is 16.2. The molecule has 2 fully saturated rings. The number of amides is 3. The Morgan fingerprint density at radius 2 is 1.71 bits per heavy atom. The Labute approximate surface area is 142 Å². The molecule has 128 valence electrons. The Bertz CT molecular complexity index is 635. The van der Waals surface area contributed by atoms with Crippen LogP contribution in [0.1, 0.15) is 24.8 Å². The first-order chi connectivity index (χ1) is 11.5. The third-order valence-electron chi connectivity index (χ3n) is 4.70. The summed E-state index contributed by atoms with van der Waals surface area (Å²) in [5.74, 6) is -0.291. The van der Waals surface area contributed by atoms with Gasteiger partial charge >= 0.3 is 0 Å². The summed E-state index contributed by atoms with van der Waals surface area (Å²) in [6.07, 6.45) is 0.784. The molecule has 0 atom stereocenters. The van der Waals surface area contributed by atoms with Crippen LogP contribution in [0.25, 0.3) is 0 Å². The van der Waals surface area contributed by atoms with Gasteiger partial charge < -0.3 is 9.80 Å². The summed E-state index contributed by atoms with van der Waals surface area (Å²) in [4.78, 5) is 40.8. The van der Waals surface area contributed by atoms with E-state index < -0.39 is 0 Å².